The van der Waals surface area contributed by atoms with Gasteiger partial charge in [0.15, 0.2) is 39.9 Å². The van der Waals surface area contributed by atoms with E-state index in [9.17, 15) is 41.9 Å². The van der Waals surface area contributed by atoms with Gasteiger partial charge in [-0.2, -0.15) is 8.42 Å². The Labute approximate surface area is 770 Å². The smallest absolute Gasteiger partial charge is 0.423 e. The van der Waals surface area contributed by atoms with E-state index < -0.39 is 61.8 Å². The number of nitrogens with zero attached hydrogens (tertiary/aromatic N) is 8. The predicted molar refractivity (Wildman–Crippen MR) is 506 cm³/mol. The molecule has 4 saturated carbocycles. The highest BCUT2D eigenvalue weighted by atomic mass is 79.9. The number of benzene rings is 2. The van der Waals surface area contributed by atoms with Gasteiger partial charge in [0, 0.05) is 64.1 Å². The number of rotatable bonds is 17. The first kappa shape index (κ1) is 108. The van der Waals surface area contributed by atoms with Crippen molar-refractivity contribution in [2.75, 3.05) is 27.9 Å². The van der Waals surface area contributed by atoms with Crippen molar-refractivity contribution in [3.05, 3.63) is 131 Å². The SMILES string of the molecule is CC(C)(C)C(=O)Cl.CC(C)(C)C(=O)Nc1ncc([C@@H]2CCC[C@H](O)C2)nc1Br.CC(C)(C)C(=O)Nc1ncc([C@@H]2CCC[C@H](OS(C)(=O)=O)C2)nc1Br.CC(C)(C)C(=O)Nc1ncc([C@@H]2CCC[C@H](O[Si](C)(C)C(C)(C)C)C2)nc1Br.CC(C)(C)[Si](C)(C)O[C@H]1CCC[C@@H](c2cnc(N)c(Br)n2)C1.O=C(NCc1ccccc1)c1ccc(B(O)O)cc1F. The van der Waals surface area contributed by atoms with E-state index >= 15 is 0 Å². The Morgan fingerprint density at radius 2 is 0.862 bits per heavy atom. The minimum absolute atomic E-state index is 0.00195. The van der Waals surface area contributed by atoms with E-state index in [-0.39, 0.29) is 73.5 Å². The van der Waals surface area contributed by atoms with Crippen LogP contribution in [-0.2, 0) is 48.9 Å². The molecule has 4 amide bonds. The van der Waals surface area contributed by atoms with Gasteiger partial charge in [-0.05, 0) is 212 Å². The molecule has 0 unspecified atom stereocenters. The number of amides is 4. The van der Waals surface area contributed by atoms with E-state index in [1.807, 2.05) is 105 Å². The van der Waals surface area contributed by atoms with Gasteiger partial charge in [0.05, 0.1) is 71.6 Å². The third-order valence-corrected chi connectivity index (χ3v) is 34.7. The lowest BCUT2D eigenvalue weighted by molar-refractivity contribution is -0.123. The summed E-state index contributed by atoms with van der Waals surface area (Å²) in [6, 6.07) is 12.7. The molecule has 4 fully saturated rings. The van der Waals surface area contributed by atoms with Gasteiger partial charge in [0.2, 0.25) is 23.0 Å². The lowest BCUT2D eigenvalue weighted by Gasteiger charge is -2.41. The molecule has 9 N–H and O–H groups in total. The predicted octanol–water partition coefficient (Wildman–Crippen LogP) is 19.8. The van der Waals surface area contributed by atoms with Gasteiger partial charge in [-0.15, -0.1) is 0 Å². The van der Waals surface area contributed by atoms with Crippen LogP contribution in [0.25, 0.3) is 0 Å². The fourth-order valence-electron chi connectivity index (χ4n) is 12.6. The van der Waals surface area contributed by atoms with E-state index in [4.69, 9.17) is 45.4 Å². The first-order chi connectivity index (χ1) is 56.5. The monoisotopic (exact) mass is 2040 g/mol. The molecule has 0 radical (unpaired) electrons. The van der Waals surface area contributed by atoms with Gasteiger partial charge in [0.25, 0.3) is 16.0 Å². The quantitative estimate of drug-likeness (QED) is 0.0239. The number of hydrogen-bond acceptors (Lipinski definition) is 22. The molecule has 26 nitrogen and oxygen atoms in total. The van der Waals surface area contributed by atoms with Crippen molar-refractivity contribution < 1.29 is 65.0 Å². The fourth-order valence-corrected chi connectivity index (χ4v) is 17.6. The number of nitrogen functional groups attached to an aromatic ring is 1. The molecule has 4 heterocycles. The molecule has 6 aromatic rings. The fraction of sp³-hybridized carbons (Fsp3) is 0.621. The molecule has 0 bridgehead atoms. The van der Waals surface area contributed by atoms with Gasteiger partial charge in [-0.25, -0.2) is 44.3 Å². The summed E-state index contributed by atoms with van der Waals surface area (Å²) in [5.41, 5.74) is 8.30. The van der Waals surface area contributed by atoms with Crippen LogP contribution < -0.4 is 32.5 Å². The van der Waals surface area contributed by atoms with Crippen molar-refractivity contribution in [1.29, 1.82) is 0 Å². The van der Waals surface area contributed by atoms with E-state index in [0.29, 0.717) is 78.7 Å². The maximum absolute atomic E-state index is 13.7. The standard InChI is InChI=1S/C21H36BrN3O2Si.C16H24BrN3O4S.C16H28BrN3OSi.C15H22BrN3O2.C14H13BFNO3.C5H9ClO/c1-20(2,3)19(26)25-18-17(22)24-16(13-23-18)14-10-9-11-15(12-14)27-28(7,8)21(4,5)6;1-16(2,3)15(21)20-14-13(17)19-12(9-18-14)10-6-5-7-11(8-10)24-25(4,22)23;1-16(2,3)22(4,5)21-12-8-6-7-11(9-12)13-10-19-15(18)14(17)20-13;1-15(2,3)14(21)19-13-12(16)18-11(8-17-13)9-5-4-6-10(20)7-9;16-13-8-11(15(19)20)6-7-12(13)14(18)17-9-10-4-2-1-3-5-10;1-5(2,3)4(6)7/h13-15H,9-12H2,1-8H3,(H,23,25,26);9-11H,5-8H2,1-4H3,(H,18,20,21);10-12H,6-9H2,1-5H3,(H2,18,19);8-10,20H,4-7H2,1-3H3,(H,17,19,21);1-8,19-20H,9H2,(H,17,18);1-3H3/t14-,15+;10-,11+;11-,12+;9-,10+;;/m1111../s1. The summed E-state index contributed by atoms with van der Waals surface area (Å²) in [7, 11) is -8.70. The number of halogens is 6. The summed E-state index contributed by atoms with van der Waals surface area (Å²) in [6.45, 7) is 45.3. The normalized spacial score (nSPS) is 19.7. The van der Waals surface area contributed by atoms with Crippen LogP contribution in [0.5, 0.6) is 0 Å². The number of anilines is 4. The molecule has 0 saturated heterocycles. The van der Waals surface area contributed by atoms with Gasteiger partial charge < -0.3 is 51.0 Å². The van der Waals surface area contributed by atoms with Crippen LogP contribution in [0.1, 0.15) is 290 Å². The Bertz CT molecular complexity index is 4630. The minimum atomic E-state index is -3.46. The first-order valence-corrected chi connectivity index (χ1v) is 53.1. The third-order valence-electron chi connectivity index (χ3n) is 22.2. The molecule has 0 spiro atoms. The number of aliphatic hydroxyl groups excluding tert-OH is 1. The van der Waals surface area contributed by atoms with Gasteiger partial charge in [-0.1, -0.05) is 187 Å². The van der Waals surface area contributed by atoms with Crippen molar-refractivity contribution in [1.82, 2.24) is 45.2 Å². The average molecular weight is 2040 g/mol. The lowest BCUT2D eigenvalue weighted by atomic mass is 9.80. The van der Waals surface area contributed by atoms with Crippen LogP contribution in [0.4, 0.5) is 27.7 Å². The maximum atomic E-state index is 13.7. The van der Waals surface area contributed by atoms with Crippen LogP contribution in [-0.4, -0.2) is 147 Å². The van der Waals surface area contributed by atoms with E-state index in [1.165, 1.54) is 18.6 Å². The molecular weight excluding hydrogens is 1910 g/mol. The summed E-state index contributed by atoms with van der Waals surface area (Å²) in [5, 5.41) is 38.8. The summed E-state index contributed by atoms with van der Waals surface area (Å²) in [6.07, 6.45) is 23.7. The zero-order chi connectivity index (χ0) is 92.9. The molecule has 10 rings (SSSR count). The van der Waals surface area contributed by atoms with Crippen molar-refractivity contribution in [3.8, 4) is 0 Å². The highest BCUT2D eigenvalue weighted by Crippen LogP contribution is 2.45. The summed E-state index contributed by atoms with van der Waals surface area (Å²) < 4.78 is 57.0. The van der Waals surface area contributed by atoms with Crippen molar-refractivity contribution in [2.24, 2.45) is 21.7 Å². The van der Waals surface area contributed by atoms with Gasteiger partial charge in [0.1, 0.15) is 24.2 Å². The van der Waals surface area contributed by atoms with E-state index in [2.05, 4.69) is 188 Å². The number of carbonyl (C=O) groups is 5. The zero-order valence-electron chi connectivity index (χ0n) is 75.9. The lowest BCUT2D eigenvalue weighted by Crippen LogP contribution is -2.44. The summed E-state index contributed by atoms with van der Waals surface area (Å²) in [5.74, 6) is 1.19. The van der Waals surface area contributed by atoms with Crippen LogP contribution in [0.3, 0.4) is 0 Å². The Morgan fingerprint density at radius 3 is 1.18 bits per heavy atom. The second-order valence-corrected chi connectivity index (χ2v) is 53.7. The number of aromatic nitrogens is 8. The van der Waals surface area contributed by atoms with Crippen molar-refractivity contribution in [3.63, 3.8) is 0 Å². The van der Waals surface area contributed by atoms with Crippen molar-refractivity contribution >= 4 is 167 Å². The average Bonchev–Trinajstić information content (AvgIpc) is 0.669. The van der Waals surface area contributed by atoms with Crippen LogP contribution in [0.15, 0.2) is 91.7 Å². The number of carbonyl (C=O) groups excluding carboxylic acids is 5. The molecule has 4 aromatic heterocycles. The third kappa shape index (κ3) is 36.1. The Balaban J connectivity index is 0.000000269. The number of nitrogens with one attached hydrogen (secondary N) is 4. The van der Waals surface area contributed by atoms with Gasteiger partial charge in [-0.3, -0.25) is 28.2 Å². The highest BCUT2D eigenvalue weighted by molar-refractivity contribution is 9.11. The van der Waals surface area contributed by atoms with Crippen LogP contribution in [0, 0.1) is 27.5 Å². The molecule has 682 valence electrons. The Morgan fingerprint density at radius 1 is 0.520 bits per heavy atom. The minimum Gasteiger partial charge on any atom is -0.423 e. The topological polar surface area (TPSA) is 385 Å². The molecule has 8 atom stereocenters. The second kappa shape index (κ2) is 46.6. The van der Waals surface area contributed by atoms with Crippen LogP contribution >= 0.6 is 75.3 Å². The summed E-state index contributed by atoms with van der Waals surface area (Å²) >= 11 is 18.7. The number of hydrogen-bond donors (Lipinski definition) is 8. The second-order valence-electron chi connectivity index (χ2n) is 39.2. The molecule has 4 aliphatic rings. The molecule has 36 heteroatoms. The van der Waals surface area contributed by atoms with Crippen LogP contribution in [0.2, 0.25) is 36.3 Å². The van der Waals surface area contributed by atoms with E-state index in [0.717, 1.165) is 131 Å². The Kier molecular flexibility index (Phi) is 40.9. The zero-order valence-corrected chi connectivity index (χ0v) is 85.8. The molecule has 4 aliphatic carbocycles. The maximum Gasteiger partial charge on any atom is 0.488 e. The number of aliphatic hydroxyl groups is 1. The largest absolute Gasteiger partial charge is 0.488 e. The molecular formula is C87H132BBr4ClFN13O13SSi2. The first-order valence-electron chi connectivity index (χ1n) is 41.9. The van der Waals surface area contributed by atoms with Gasteiger partial charge >= 0.3 is 7.12 Å². The van der Waals surface area contributed by atoms with E-state index in [1.54, 1.807) is 33.2 Å². The summed E-state index contributed by atoms with van der Waals surface area (Å²) in [4.78, 5) is 93.9. The molecule has 2 aromatic carbocycles. The van der Waals surface area contributed by atoms with Crippen molar-refractivity contribution in [2.45, 2.75) is 318 Å². The molecule has 123 heavy (non-hydrogen) atoms. The number of nitrogens with two attached hydrogens (primary N) is 1. The highest BCUT2D eigenvalue weighted by Gasteiger charge is 2.43. The Hall–Kier alpha value is -5.54. The molecule has 0 aliphatic heterocycles.